The molecule has 1 saturated carbocycles. The van der Waals surface area contributed by atoms with E-state index < -0.39 is 0 Å². The Morgan fingerprint density at radius 3 is 2.52 bits per heavy atom. The fraction of sp³-hybridized carbons (Fsp3) is 0.435. The molecule has 142 valence electrons. The number of fused-ring (bicyclic) bond motifs is 1. The maximum atomic E-state index is 11.8. The molecular formula is C23H28N2O2. The second kappa shape index (κ2) is 7.73. The normalized spacial score (nSPS) is 17.6. The summed E-state index contributed by atoms with van der Waals surface area (Å²) in [6.07, 6.45) is 6.36. The van der Waals surface area contributed by atoms with Gasteiger partial charge in [0.25, 0.3) is 5.91 Å². The van der Waals surface area contributed by atoms with Gasteiger partial charge in [-0.05, 0) is 79.6 Å². The number of rotatable bonds is 4. The van der Waals surface area contributed by atoms with Gasteiger partial charge in [-0.1, -0.05) is 12.5 Å². The third-order valence-electron chi connectivity index (χ3n) is 6.00. The first-order valence-electron chi connectivity index (χ1n) is 10.0. The van der Waals surface area contributed by atoms with Crippen LogP contribution in [0.5, 0.6) is 11.5 Å². The van der Waals surface area contributed by atoms with Crippen molar-refractivity contribution in [3.63, 3.8) is 0 Å². The molecule has 2 aromatic rings. The van der Waals surface area contributed by atoms with Crippen molar-refractivity contribution in [3.8, 4) is 11.5 Å². The van der Waals surface area contributed by atoms with Gasteiger partial charge in [-0.25, -0.2) is 0 Å². The van der Waals surface area contributed by atoms with Gasteiger partial charge in [-0.2, -0.15) is 0 Å². The van der Waals surface area contributed by atoms with E-state index in [0.717, 1.165) is 42.5 Å². The highest BCUT2D eigenvalue weighted by molar-refractivity contribution is 5.94. The minimum absolute atomic E-state index is 0.0781. The smallest absolute Gasteiger partial charge is 0.251 e. The third kappa shape index (κ3) is 3.86. The molecule has 27 heavy (non-hydrogen) atoms. The highest BCUT2D eigenvalue weighted by Gasteiger charge is 2.26. The van der Waals surface area contributed by atoms with Gasteiger partial charge in [0.2, 0.25) is 0 Å². The topological polar surface area (TPSA) is 41.6 Å². The van der Waals surface area contributed by atoms with Crippen LogP contribution >= 0.6 is 0 Å². The zero-order chi connectivity index (χ0) is 18.8. The van der Waals surface area contributed by atoms with Crippen LogP contribution in [0.3, 0.4) is 0 Å². The van der Waals surface area contributed by atoms with Gasteiger partial charge in [0.15, 0.2) is 0 Å². The molecule has 4 nitrogen and oxygen atoms in total. The maximum absolute atomic E-state index is 11.8. The molecule has 4 rings (SSSR count). The minimum Gasteiger partial charge on any atom is -0.457 e. The van der Waals surface area contributed by atoms with Crippen molar-refractivity contribution < 1.29 is 9.53 Å². The van der Waals surface area contributed by atoms with E-state index in [0.29, 0.717) is 5.56 Å². The Balaban J connectivity index is 1.48. The van der Waals surface area contributed by atoms with Crippen molar-refractivity contribution in [2.45, 2.75) is 45.1 Å². The van der Waals surface area contributed by atoms with E-state index in [1.165, 1.54) is 36.9 Å². The molecule has 0 spiro atoms. The van der Waals surface area contributed by atoms with Crippen LogP contribution in [-0.4, -0.2) is 37.0 Å². The number of nitrogens with zero attached hydrogens (tertiary/aromatic N) is 1. The fourth-order valence-electron chi connectivity index (χ4n) is 4.08. The van der Waals surface area contributed by atoms with Gasteiger partial charge in [0.05, 0.1) is 0 Å². The molecule has 2 aromatic carbocycles. The Morgan fingerprint density at radius 1 is 1.07 bits per heavy atom. The summed E-state index contributed by atoms with van der Waals surface area (Å²) in [5, 5.41) is 2.65. The Hall–Kier alpha value is -2.33. The van der Waals surface area contributed by atoms with Gasteiger partial charge in [-0.3, -0.25) is 9.69 Å². The average Bonchev–Trinajstić information content (AvgIpc) is 2.84. The van der Waals surface area contributed by atoms with Gasteiger partial charge < -0.3 is 10.1 Å². The Bertz CT molecular complexity index is 842. The molecule has 1 aliphatic heterocycles. The predicted octanol–water partition coefficient (Wildman–Crippen LogP) is 4.10. The summed E-state index contributed by atoms with van der Waals surface area (Å²) in [5.74, 6) is 1.60. The van der Waals surface area contributed by atoms with Crippen LogP contribution in [0.25, 0.3) is 0 Å². The zero-order valence-corrected chi connectivity index (χ0v) is 16.3. The first kappa shape index (κ1) is 18.1. The van der Waals surface area contributed by atoms with E-state index in [4.69, 9.17) is 4.74 Å². The lowest BCUT2D eigenvalue weighted by Gasteiger charge is -2.36. The third-order valence-corrected chi connectivity index (χ3v) is 6.00. The van der Waals surface area contributed by atoms with Crippen molar-refractivity contribution in [2.24, 2.45) is 0 Å². The maximum Gasteiger partial charge on any atom is 0.251 e. The van der Waals surface area contributed by atoms with E-state index in [1.54, 1.807) is 13.1 Å². The lowest BCUT2D eigenvalue weighted by Crippen LogP contribution is -2.41. The highest BCUT2D eigenvalue weighted by atomic mass is 16.5. The fourth-order valence-corrected chi connectivity index (χ4v) is 4.08. The molecule has 1 fully saturated rings. The largest absolute Gasteiger partial charge is 0.457 e. The molecule has 1 heterocycles. The van der Waals surface area contributed by atoms with E-state index in [2.05, 4.69) is 28.4 Å². The summed E-state index contributed by atoms with van der Waals surface area (Å²) < 4.78 is 6.15. The van der Waals surface area contributed by atoms with Crippen LogP contribution in [0.1, 0.15) is 46.3 Å². The van der Waals surface area contributed by atoms with E-state index in [1.807, 2.05) is 19.1 Å². The first-order valence-corrected chi connectivity index (χ1v) is 10.0. The Kier molecular flexibility index (Phi) is 5.17. The number of aryl methyl sites for hydroxylation is 1. The molecule has 1 amide bonds. The number of ether oxygens (including phenoxy) is 1. The second-order valence-corrected chi connectivity index (χ2v) is 7.71. The van der Waals surface area contributed by atoms with Gasteiger partial charge in [0, 0.05) is 31.7 Å². The number of carbonyl (C=O) groups is 1. The summed E-state index contributed by atoms with van der Waals surface area (Å²) in [7, 11) is 1.64. The molecule has 1 N–H and O–H groups in total. The van der Waals surface area contributed by atoms with Gasteiger partial charge >= 0.3 is 0 Å². The molecule has 0 aromatic heterocycles. The molecule has 4 heteroatoms. The van der Waals surface area contributed by atoms with Gasteiger partial charge in [0.1, 0.15) is 11.5 Å². The Morgan fingerprint density at radius 2 is 1.85 bits per heavy atom. The van der Waals surface area contributed by atoms with Crippen LogP contribution < -0.4 is 10.1 Å². The molecule has 1 aliphatic carbocycles. The summed E-state index contributed by atoms with van der Waals surface area (Å²) in [6, 6.07) is 12.9. The molecule has 2 aliphatic rings. The average molecular weight is 364 g/mol. The van der Waals surface area contributed by atoms with Crippen LogP contribution in [0.4, 0.5) is 0 Å². The van der Waals surface area contributed by atoms with Crippen molar-refractivity contribution in [1.82, 2.24) is 10.2 Å². The van der Waals surface area contributed by atoms with Crippen LogP contribution in [0.15, 0.2) is 36.4 Å². The molecule has 0 radical (unpaired) electrons. The van der Waals surface area contributed by atoms with Crippen molar-refractivity contribution >= 4 is 5.91 Å². The van der Waals surface area contributed by atoms with Gasteiger partial charge in [-0.15, -0.1) is 0 Å². The van der Waals surface area contributed by atoms with Crippen LogP contribution in [0.2, 0.25) is 0 Å². The summed E-state index contributed by atoms with van der Waals surface area (Å²) in [4.78, 5) is 14.4. The zero-order valence-electron chi connectivity index (χ0n) is 16.3. The number of carbonyl (C=O) groups excluding carboxylic acids is 1. The minimum atomic E-state index is -0.0781. The summed E-state index contributed by atoms with van der Waals surface area (Å²) in [5.41, 5.74) is 4.48. The summed E-state index contributed by atoms with van der Waals surface area (Å²) >= 11 is 0. The van der Waals surface area contributed by atoms with Crippen molar-refractivity contribution in [2.75, 3.05) is 20.1 Å². The van der Waals surface area contributed by atoms with Crippen molar-refractivity contribution in [1.29, 1.82) is 0 Å². The number of hydrogen-bond acceptors (Lipinski definition) is 3. The monoisotopic (exact) mass is 364 g/mol. The van der Waals surface area contributed by atoms with E-state index >= 15 is 0 Å². The van der Waals surface area contributed by atoms with E-state index in [9.17, 15) is 4.79 Å². The van der Waals surface area contributed by atoms with Crippen LogP contribution in [0, 0.1) is 6.92 Å². The molecule has 0 saturated heterocycles. The number of hydrogen-bond donors (Lipinski definition) is 1. The quantitative estimate of drug-likeness (QED) is 0.888. The highest BCUT2D eigenvalue weighted by Crippen LogP contribution is 2.31. The first-order chi connectivity index (χ1) is 13.1. The lowest BCUT2D eigenvalue weighted by atomic mass is 9.91. The number of nitrogens with one attached hydrogen (secondary N) is 1. The second-order valence-electron chi connectivity index (χ2n) is 7.71. The van der Waals surface area contributed by atoms with Crippen molar-refractivity contribution in [3.05, 3.63) is 58.7 Å². The SMILES string of the molecule is CNC(=O)c1ccc(Oc2ccc3c(c2)CCN(C2CCC2)CC3)c(C)c1. The number of amides is 1. The molecule has 0 atom stereocenters. The molecule has 0 bridgehead atoms. The molecular weight excluding hydrogens is 336 g/mol. The standard InChI is InChI=1S/C23H28N2O2/c1-16-14-19(23(26)24-2)7-9-22(16)27-21-8-6-17-10-12-25(20-4-3-5-20)13-11-18(17)15-21/h6-9,14-15,20H,3-5,10-13H2,1-2H3,(H,24,26). The van der Waals surface area contributed by atoms with E-state index in [-0.39, 0.29) is 5.91 Å². The number of benzene rings is 2. The summed E-state index contributed by atoms with van der Waals surface area (Å²) in [6.45, 7) is 4.31. The molecule has 0 unspecified atom stereocenters. The predicted molar refractivity (Wildman–Crippen MR) is 108 cm³/mol. The Labute approximate surface area is 161 Å². The lowest BCUT2D eigenvalue weighted by molar-refractivity contribution is 0.0963. The van der Waals surface area contributed by atoms with Crippen LogP contribution in [-0.2, 0) is 12.8 Å².